The molecular formula is C18H17ClN4O3. The third-order valence-electron chi connectivity index (χ3n) is 3.51. The zero-order chi connectivity index (χ0) is 18.4. The quantitative estimate of drug-likeness (QED) is 0.687. The third-order valence-corrected chi connectivity index (χ3v) is 3.75. The van der Waals surface area contributed by atoms with Crippen LogP contribution < -0.4 is 15.4 Å². The first-order chi connectivity index (χ1) is 12.7. The van der Waals surface area contributed by atoms with Crippen molar-refractivity contribution in [1.29, 1.82) is 0 Å². The fourth-order valence-electron chi connectivity index (χ4n) is 2.31. The molecule has 0 bridgehead atoms. The molecule has 0 aliphatic rings. The van der Waals surface area contributed by atoms with Crippen LogP contribution in [0.3, 0.4) is 0 Å². The van der Waals surface area contributed by atoms with Gasteiger partial charge < -0.3 is 19.8 Å². The van der Waals surface area contributed by atoms with Crippen LogP contribution in [0.4, 0.5) is 10.5 Å². The summed E-state index contributed by atoms with van der Waals surface area (Å²) < 4.78 is 10.9. The number of rotatable bonds is 6. The number of carbonyl (C=O) groups is 1. The van der Waals surface area contributed by atoms with Gasteiger partial charge in [-0.2, -0.15) is 0 Å². The van der Waals surface area contributed by atoms with E-state index in [1.54, 1.807) is 31.4 Å². The maximum Gasteiger partial charge on any atom is 0.319 e. The van der Waals surface area contributed by atoms with Crippen LogP contribution in [0.25, 0.3) is 11.5 Å². The molecule has 2 amide bonds. The van der Waals surface area contributed by atoms with Crippen LogP contribution in [0.5, 0.6) is 5.75 Å². The molecule has 0 saturated heterocycles. The molecule has 134 valence electrons. The summed E-state index contributed by atoms with van der Waals surface area (Å²) in [7, 11) is 1.58. The van der Waals surface area contributed by atoms with E-state index in [-0.39, 0.29) is 6.03 Å². The first-order valence-electron chi connectivity index (χ1n) is 7.92. The number of hydrogen-bond acceptors (Lipinski definition) is 5. The Kier molecular flexibility index (Phi) is 5.70. The highest BCUT2D eigenvalue weighted by atomic mass is 35.5. The number of hydrogen-bond donors (Lipinski definition) is 2. The first-order valence-corrected chi connectivity index (χ1v) is 8.29. The maximum atomic E-state index is 11.9. The summed E-state index contributed by atoms with van der Waals surface area (Å²) in [5.41, 5.74) is 1.34. The minimum atomic E-state index is -0.336. The largest absolute Gasteiger partial charge is 0.496 e. The Morgan fingerprint density at radius 2 is 2.04 bits per heavy atom. The molecule has 3 rings (SSSR count). The molecule has 3 aromatic rings. The van der Waals surface area contributed by atoms with E-state index in [9.17, 15) is 4.79 Å². The van der Waals surface area contributed by atoms with Gasteiger partial charge in [-0.1, -0.05) is 29.8 Å². The normalized spacial score (nSPS) is 10.4. The number of halogens is 1. The van der Waals surface area contributed by atoms with Gasteiger partial charge in [0.2, 0.25) is 5.89 Å². The second-order valence-electron chi connectivity index (χ2n) is 5.34. The minimum Gasteiger partial charge on any atom is -0.496 e. The van der Waals surface area contributed by atoms with Crippen LogP contribution in [-0.2, 0) is 6.42 Å². The van der Waals surface area contributed by atoms with Crippen molar-refractivity contribution in [2.75, 3.05) is 19.0 Å². The Bertz CT molecular complexity index is 897. The average Bonchev–Trinajstić information content (AvgIpc) is 3.10. The van der Waals surface area contributed by atoms with Crippen LogP contribution in [-0.4, -0.2) is 29.9 Å². The van der Waals surface area contributed by atoms with Gasteiger partial charge >= 0.3 is 6.03 Å². The molecule has 1 heterocycles. The van der Waals surface area contributed by atoms with E-state index in [1.807, 2.05) is 24.3 Å². The van der Waals surface area contributed by atoms with Gasteiger partial charge in [0.15, 0.2) is 0 Å². The molecule has 0 saturated carbocycles. The monoisotopic (exact) mass is 372 g/mol. The van der Waals surface area contributed by atoms with Crippen molar-refractivity contribution in [3.8, 4) is 17.2 Å². The van der Waals surface area contributed by atoms with Crippen molar-refractivity contribution in [2.24, 2.45) is 0 Å². The molecule has 26 heavy (non-hydrogen) atoms. The summed E-state index contributed by atoms with van der Waals surface area (Å²) in [5.74, 6) is 1.46. The Morgan fingerprint density at radius 1 is 1.19 bits per heavy atom. The third kappa shape index (κ3) is 4.52. The number of ether oxygens (including phenoxy) is 1. The number of methoxy groups -OCH3 is 1. The van der Waals surface area contributed by atoms with Crippen molar-refractivity contribution in [3.05, 3.63) is 59.4 Å². The average molecular weight is 373 g/mol. The molecule has 2 aromatic carbocycles. The van der Waals surface area contributed by atoms with E-state index < -0.39 is 0 Å². The van der Waals surface area contributed by atoms with Crippen molar-refractivity contribution < 1.29 is 13.9 Å². The number of nitrogens with zero attached hydrogens (tertiary/aromatic N) is 2. The smallest absolute Gasteiger partial charge is 0.319 e. The summed E-state index contributed by atoms with van der Waals surface area (Å²) in [6.07, 6.45) is 0.408. The Morgan fingerprint density at radius 3 is 2.85 bits per heavy atom. The Balaban J connectivity index is 1.53. The van der Waals surface area contributed by atoms with Gasteiger partial charge in [-0.25, -0.2) is 4.79 Å². The molecule has 0 atom stereocenters. The number of amides is 2. The van der Waals surface area contributed by atoms with Gasteiger partial charge in [-0.3, -0.25) is 0 Å². The van der Waals surface area contributed by atoms with Crippen molar-refractivity contribution >= 4 is 23.3 Å². The van der Waals surface area contributed by atoms with Crippen LogP contribution in [0.15, 0.2) is 52.9 Å². The Labute approximate surface area is 155 Å². The lowest BCUT2D eigenvalue weighted by Gasteiger charge is -2.06. The lowest BCUT2D eigenvalue weighted by Crippen LogP contribution is -2.30. The summed E-state index contributed by atoms with van der Waals surface area (Å²) >= 11 is 5.88. The number of anilines is 1. The molecule has 0 aliphatic heterocycles. The van der Waals surface area contributed by atoms with E-state index in [4.69, 9.17) is 20.8 Å². The standard InChI is InChI=1S/C18H17ClN4O3/c1-25-15-8-3-2-7-14(15)17-23-22-16(26-17)9-10-20-18(24)21-13-6-4-5-12(19)11-13/h2-8,11H,9-10H2,1H3,(H2,20,21,24). The van der Waals surface area contributed by atoms with E-state index in [1.165, 1.54) is 0 Å². The molecule has 0 fully saturated rings. The number of para-hydroxylation sites is 1. The van der Waals surface area contributed by atoms with Gasteiger partial charge in [-0.05, 0) is 30.3 Å². The van der Waals surface area contributed by atoms with E-state index in [0.717, 1.165) is 5.56 Å². The number of benzene rings is 2. The summed E-state index contributed by atoms with van der Waals surface area (Å²) in [6, 6.07) is 14.0. The first kappa shape index (κ1) is 17.8. The van der Waals surface area contributed by atoms with Gasteiger partial charge in [0, 0.05) is 23.7 Å². The summed E-state index contributed by atoms with van der Waals surface area (Å²) in [6.45, 7) is 0.347. The molecule has 8 heteroatoms. The zero-order valence-electron chi connectivity index (χ0n) is 14.0. The predicted octanol–water partition coefficient (Wildman–Crippen LogP) is 3.76. The highest BCUT2D eigenvalue weighted by Gasteiger charge is 2.13. The van der Waals surface area contributed by atoms with Crippen LogP contribution in [0.2, 0.25) is 5.02 Å². The predicted molar refractivity (Wildman–Crippen MR) is 98.5 cm³/mol. The number of carbonyl (C=O) groups excluding carboxylic acids is 1. The number of aromatic nitrogens is 2. The topological polar surface area (TPSA) is 89.3 Å². The van der Waals surface area contributed by atoms with Crippen molar-refractivity contribution in [1.82, 2.24) is 15.5 Å². The van der Waals surface area contributed by atoms with Crippen LogP contribution in [0, 0.1) is 0 Å². The van der Waals surface area contributed by atoms with Gasteiger partial charge in [0.05, 0.1) is 12.7 Å². The minimum absolute atomic E-state index is 0.336. The second-order valence-corrected chi connectivity index (χ2v) is 5.78. The second kappa shape index (κ2) is 8.35. The lowest BCUT2D eigenvalue weighted by atomic mass is 10.2. The molecule has 2 N–H and O–H groups in total. The van der Waals surface area contributed by atoms with E-state index in [2.05, 4.69) is 20.8 Å². The number of urea groups is 1. The molecular weight excluding hydrogens is 356 g/mol. The van der Waals surface area contributed by atoms with Crippen molar-refractivity contribution in [3.63, 3.8) is 0 Å². The van der Waals surface area contributed by atoms with Gasteiger partial charge in [-0.15, -0.1) is 10.2 Å². The summed E-state index contributed by atoms with van der Waals surface area (Å²) in [4.78, 5) is 11.9. The number of nitrogens with one attached hydrogen (secondary N) is 2. The summed E-state index contributed by atoms with van der Waals surface area (Å²) in [5, 5.41) is 14.0. The highest BCUT2D eigenvalue weighted by Crippen LogP contribution is 2.28. The van der Waals surface area contributed by atoms with Crippen LogP contribution >= 0.6 is 11.6 Å². The SMILES string of the molecule is COc1ccccc1-c1nnc(CCNC(=O)Nc2cccc(Cl)c2)o1. The maximum absolute atomic E-state index is 11.9. The van der Waals surface area contributed by atoms with Gasteiger partial charge in [0.1, 0.15) is 5.75 Å². The van der Waals surface area contributed by atoms with Crippen molar-refractivity contribution in [2.45, 2.75) is 6.42 Å². The Hall–Kier alpha value is -3.06. The fourth-order valence-corrected chi connectivity index (χ4v) is 2.50. The zero-order valence-corrected chi connectivity index (χ0v) is 14.8. The van der Waals surface area contributed by atoms with Gasteiger partial charge in [0.25, 0.3) is 5.89 Å². The fraction of sp³-hybridized carbons (Fsp3) is 0.167. The molecule has 0 spiro atoms. The van der Waals surface area contributed by atoms with E-state index >= 15 is 0 Å². The van der Waals surface area contributed by atoms with E-state index in [0.29, 0.717) is 41.2 Å². The molecule has 1 aromatic heterocycles. The highest BCUT2D eigenvalue weighted by molar-refractivity contribution is 6.30. The van der Waals surface area contributed by atoms with Crippen LogP contribution in [0.1, 0.15) is 5.89 Å². The molecule has 7 nitrogen and oxygen atoms in total. The molecule has 0 aliphatic carbocycles. The lowest BCUT2D eigenvalue weighted by molar-refractivity contribution is 0.252. The molecule has 0 radical (unpaired) electrons. The molecule has 0 unspecified atom stereocenters.